The second-order valence-corrected chi connectivity index (χ2v) is 9.55. The minimum absolute atomic E-state index is 0.0491. The Morgan fingerprint density at radius 1 is 1.39 bits per heavy atom. The summed E-state index contributed by atoms with van der Waals surface area (Å²) in [5.74, 6) is 5.82. The van der Waals surface area contributed by atoms with Gasteiger partial charge in [0.25, 0.3) is 0 Å². The number of ether oxygens (including phenoxy) is 1. The second-order valence-electron chi connectivity index (χ2n) is 7.53. The molecule has 28 heavy (non-hydrogen) atoms. The second kappa shape index (κ2) is 7.02. The zero-order chi connectivity index (χ0) is 20.7. The molecule has 2 aromatic heterocycles. The van der Waals surface area contributed by atoms with Crippen molar-refractivity contribution in [2.75, 3.05) is 5.01 Å². The van der Waals surface area contributed by atoms with Crippen LogP contribution in [0, 0.1) is 0 Å². The maximum atomic E-state index is 13.0. The number of rotatable bonds is 3. The van der Waals surface area contributed by atoms with Crippen LogP contribution in [0.25, 0.3) is 11.2 Å². The summed E-state index contributed by atoms with van der Waals surface area (Å²) in [6.45, 7) is 7.07. The first kappa shape index (κ1) is 20.0. The van der Waals surface area contributed by atoms with Crippen molar-refractivity contribution in [3.8, 4) is 0 Å². The Morgan fingerprint density at radius 2 is 2.11 bits per heavy atom. The van der Waals surface area contributed by atoms with Gasteiger partial charge in [-0.2, -0.15) is 5.01 Å². The lowest BCUT2D eigenvalue weighted by Crippen LogP contribution is -2.42. The Morgan fingerprint density at radius 3 is 2.71 bits per heavy atom. The standard InChI is InChI=1S/C18H23N5O4S/c1-12-5-7-13(8-6-12)28(25,26)22-10-9-14-16(22)20-11-15(21-14)23(19)17(24)27-18(2,3)4/h5-7,9-11,13H,8,19H2,1-4H3. The number of carbonyl (C=O) groups is 1. The Balaban J connectivity index is 1.91. The number of anilines is 1. The maximum absolute atomic E-state index is 13.0. The van der Waals surface area contributed by atoms with Gasteiger partial charge in [-0.25, -0.2) is 33.0 Å². The summed E-state index contributed by atoms with van der Waals surface area (Å²) in [4.78, 5) is 20.5. The van der Waals surface area contributed by atoms with Crippen LogP contribution in [0.4, 0.5) is 10.6 Å². The molecule has 0 spiro atoms. The van der Waals surface area contributed by atoms with Gasteiger partial charge in [0, 0.05) is 6.20 Å². The molecular formula is C18H23N5O4S. The molecule has 1 amide bonds. The van der Waals surface area contributed by atoms with Crippen molar-refractivity contribution < 1.29 is 17.9 Å². The van der Waals surface area contributed by atoms with Crippen LogP contribution >= 0.6 is 0 Å². The zero-order valence-electron chi connectivity index (χ0n) is 16.2. The van der Waals surface area contributed by atoms with Crippen molar-refractivity contribution in [2.24, 2.45) is 5.84 Å². The number of hydrogen-bond acceptors (Lipinski definition) is 7. The van der Waals surface area contributed by atoms with Gasteiger partial charge >= 0.3 is 6.09 Å². The molecule has 1 atom stereocenters. The Hall–Kier alpha value is -2.72. The van der Waals surface area contributed by atoms with Crippen LogP contribution in [0.3, 0.4) is 0 Å². The summed E-state index contributed by atoms with van der Waals surface area (Å²) in [5, 5.41) is 0.0575. The minimum atomic E-state index is -3.70. The van der Waals surface area contributed by atoms with E-state index in [9.17, 15) is 13.2 Å². The summed E-state index contributed by atoms with van der Waals surface area (Å²) >= 11 is 0. The number of fused-ring (bicyclic) bond motifs is 1. The molecule has 1 aliphatic carbocycles. The van der Waals surface area contributed by atoms with E-state index in [0.29, 0.717) is 11.9 Å². The number of aromatic nitrogens is 3. The van der Waals surface area contributed by atoms with E-state index >= 15 is 0 Å². The smallest absolute Gasteiger partial charge is 0.430 e. The first-order chi connectivity index (χ1) is 13.0. The fraction of sp³-hybridized carbons (Fsp3) is 0.389. The van der Waals surface area contributed by atoms with Crippen LogP contribution in [-0.4, -0.2) is 39.3 Å². The molecule has 9 nitrogen and oxygen atoms in total. The molecule has 2 heterocycles. The van der Waals surface area contributed by atoms with Gasteiger partial charge in [-0.15, -0.1) is 0 Å². The molecule has 0 saturated heterocycles. The third-order valence-corrected chi connectivity index (χ3v) is 6.04. The van der Waals surface area contributed by atoms with Crippen LogP contribution in [-0.2, 0) is 14.8 Å². The number of nitrogens with two attached hydrogens (primary N) is 1. The van der Waals surface area contributed by atoms with Crippen LogP contribution in [0.5, 0.6) is 0 Å². The maximum Gasteiger partial charge on any atom is 0.430 e. The van der Waals surface area contributed by atoms with E-state index < -0.39 is 27.0 Å². The fourth-order valence-electron chi connectivity index (χ4n) is 2.68. The topological polar surface area (TPSA) is 120 Å². The first-order valence-corrected chi connectivity index (χ1v) is 10.2. The Bertz CT molecular complexity index is 1080. The van der Waals surface area contributed by atoms with Crippen LogP contribution in [0.15, 0.2) is 42.3 Å². The monoisotopic (exact) mass is 405 g/mol. The molecule has 3 rings (SSSR count). The summed E-state index contributed by atoms with van der Waals surface area (Å²) in [6, 6.07) is 1.51. The van der Waals surface area contributed by atoms with Crippen molar-refractivity contribution in [1.29, 1.82) is 0 Å². The molecule has 0 radical (unpaired) electrons. The third-order valence-electron chi connectivity index (χ3n) is 4.08. The van der Waals surface area contributed by atoms with Gasteiger partial charge in [0.2, 0.25) is 10.0 Å². The number of carbonyl (C=O) groups excluding carboxylic acids is 1. The van der Waals surface area contributed by atoms with Gasteiger partial charge in [-0.1, -0.05) is 23.8 Å². The normalized spacial score (nSPS) is 17.5. The predicted octanol–water partition coefficient (Wildman–Crippen LogP) is 2.50. The Kier molecular flexibility index (Phi) is 5.02. The van der Waals surface area contributed by atoms with E-state index in [2.05, 4.69) is 9.97 Å². The van der Waals surface area contributed by atoms with E-state index in [4.69, 9.17) is 10.6 Å². The average Bonchev–Trinajstić information content (AvgIpc) is 3.04. The molecule has 10 heteroatoms. The van der Waals surface area contributed by atoms with Gasteiger partial charge in [0.15, 0.2) is 11.5 Å². The van der Waals surface area contributed by atoms with Gasteiger partial charge < -0.3 is 4.74 Å². The number of nitrogens with zero attached hydrogens (tertiary/aromatic N) is 4. The van der Waals surface area contributed by atoms with Gasteiger partial charge in [-0.05, 0) is 40.2 Å². The van der Waals surface area contributed by atoms with Crippen LogP contribution in [0.2, 0.25) is 0 Å². The summed E-state index contributed by atoms with van der Waals surface area (Å²) in [7, 11) is -3.70. The number of hydrogen-bond donors (Lipinski definition) is 1. The van der Waals surface area contributed by atoms with Gasteiger partial charge in [0.1, 0.15) is 16.4 Å². The molecule has 0 bridgehead atoms. The predicted molar refractivity (Wildman–Crippen MR) is 106 cm³/mol. The molecule has 0 fully saturated rings. The van der Waals surface area contributed by atoms with E-state index in [-0.39, 0.29) is 11.5 Å². The molecule has 0 aliphatic heterocycles. The van der Waals surface area contributed by atoms with Gasteiger partial charge in [0.05, 0.1) is 6.20 Å². The molecule has 2 N–H and O–H groups in total. The van der Waals surface area contributed by atoms with Crippen molar-refractivity contribution in [3.05, 3.63) is 42.3 Å². The molecule has 2 aromatic rings. The molecule has 1 unspecified atom stereocenters. The molecular weight excluding hydrogens is 382 g/mol. The largest absolute Gasteiger partial charge is 0.442 e. The highest BCUT2D eigenvalue weighted by Crippen LogP contribution is 2.23. The van der Waals surface area contributed by atoms with Gasteiger partial charge in [-0.3, -0.25) is 0 Å². The van der Waals surface area contributed by atoms with Crippen LogP contribution in [0.1, 0.15) is 34.1 Å². The summed E-state index contributed by atoms with van der Waals surface area (Å²) in [6.07, 6.45) is 7.57. The quantitative estimate of drug-likeness (QED) is 0.473. The Labute approximate surface area is 163 Å². The third kappa shape index (κ3) is 3.92. The number of hydrazine groups is 1. The van der Waals surface area contributed by atoms with Crippen molar-refractivity contribution >= 4 is 33.1 Å². The van der Waals surface area contributed by atoms with E-state index in [1.807, 2.05) is 13.0 Å². The SMILES string of the molecule is CC1=CCC(S(=O)(=O)n2ccc3nc(N(N)C(=O)OC(C)(C)C)cnc32)C=C1. The minimum Gasteiger partial charge on any atom is -0.442 e. The highest BCUT2D eigenvalue weighted by Gasteiger charge is 2.28. The molecule has 0 aromatic carbocycles. The number of allylic oxidation sites excluding steroid dienone is 3. The zero-order valence-corrected chi connectivity index (χ0v) is 17.0. The summed E-state index contributed by atoms with van der Waals surface area (Å²) in [5.41, 5.74) is 0.773. The van der Waals surface area contributed by atoms with Crippen molar-refractivity contribution in [3.63, 3.8) is 0 Å². The lowest BCUT2D eigenvalue weighted by Gasteiger charge is -2.23. The highest BCUT2D eigenvalue weighted by molar-refractivity contribution is 7.90. The molecule has 1 aliphatic rings. The van der Waals surface area contributed by atoms with E-state index in [1.165, 1.54) is 18.5 Å². The molecule has 0 saturated carbocycles. The lowest BCUT2D eigenvalue weighted by molar-refractivity contribution is 0.0579. The summed E-state index contributed by atoms with van der Waals surface area (Å²) < 4.78 is 32.2. The van der Waals surface area contributed by atoms with Crippen LogP contribution < -0.4 is 10.9 Å². The number of amides is 1. The lowest BCUT2D eigenvalue weighted by atomic mass is 10.1. The van der Waals surface area contributed by atoms with E-state index in [0.717, 1.165) is 14.6 Å². The first-order valence-electron chi connectivity index (χ1n) is 8.70. The van der Waals surface area contributed by atoms with Crippen molar-refractivity contribution in [2.45, 2.75) is 45.0 Å². The average molecular weight is 405 g/mol. The molecule has 150 valence electrons. The van der Waals surface area contributed by atoms with Crippen molar-refractivity contribution in [1.82, 2.24) is 13.9 Å². The fourth-order valence-corrected chi connectivity index (χ4v) is 4.20. The van der Waals surface area contributed by atoms with E-state index in [1.54, 1.807) is 32.9 Å². The highest BCUT2D eigenvalue weighted by atomic mass is 32.2.